The lowest BCUT2D eigenvalue weighted by molar-refractivity contribution is -0.123. The molecule has 3 rings (SSSR count). The van der Waals surface area contributed by atoms with E-state index in [1.54, 1.807) is 36.0 Å². The van der Waals surface area contributed by atoms with Crippen molar-refractivity contribution in [3.63, 3.8) is 0 Å². The highest BCUT2D eigenvalue weighted by atomic mass is 32.2. The average molecular weight is 485 g/mol. The molecule has 0 radical (unpaired) electrons. The second-order valence-electron chi connectivity index (χ2n) is 7.60. The summed E-state index contributed by atoms with van der Waals surface area (Å²) in [5.41, 5.74) is 2.43. The number of hydrogen-bond acceptors (Lipinski definition) is 5. The van der Waals surface area contributed by atoms with Crippen LogP contribution < -0.4 is 14.4 Å². The molecule has 3 aromatic rings. The maximum Gasteiger partial charge on any atom is 0.258 e. The Labute approximate surface area is 200 Å². The normalized spacial score (nSPS) is 12.1. The lowest BCUT2D eigenvalue weighted by Gasteiger charge is -2.23. The van der Waals surface area contributed by atoms with Gasteiger partial charge in [0.25, 0.3) is 5.91 Å². The van der Waals surface area contributed by atoms with E-state index < -0.39 is 10.0 Å². The van der Waals surface area contributed by atoms with Gasteiger partial charge in [0, 0.05) is 4.90 Å². The van der Waals surface area contributed by atoms with Crippen LogP contribution in [0.15, 0.2) is 83.8 Å². The third-order valence-electron chi connectivity index (χ3n) is 5.06. The Morgan fingerprint density at radius 1 is 1.00 bits per heavy atom. The van der Waals surface area contributed by atoms with E-state index >= 15 is 0 Å². The molecule has 1 amide bonds. The zero-order valence-electron chi connectivity index (χ0n) is 18.9. The summed E-state index contributed by atoms with van der Waals surface area (Å²) in [6.45, 7) is 2.03. The first-order chi connectivity index (χ1) is 15.8. The Kier molecular flexibility index (Phi) is 8.41. The van der Waals surface area contributed by atoms with Crippen molar-refractivity contribution < 1.29 is 17.9 Å². The van der Waals surface area contributed by atoms with Crippen LogP contribution in [0.4, 0.5) is 5.69 Å². The Balaban J connectivity index is 1.58. The van der Waals surface area contributed by atoms with Crippen molar-refractivity contribution in [2.45, 2.75) is 24.4 Å². The van der Waals surface area contributed by atoms with Crippen LogP contribution in [0, 0.1) is 0 Å². The van der Waals surface area contributed by atoms with Crippen molar-refractivity contribution in [3.8, 4) is 5.75 Å². The van der Waals surface area contributed by atoms with Gasteiger partial charge in [0.1, 0.15) is 5.75 Å². The molecule has 6 nitrogen and oxygen atoms in total. The monoisotopic (exact) mass is 484 g/mol. The summed E-state index contributed by atoms with van der Waals surface area (Å²) in [5.74, 6) is 0.251. The first-order valence-electron chi connectivity index (χ1n) is 10.4. The summed E-state index contributed by atoms with van der Waals surface area (Å²) < 4.78 is 31.6. The molecule has 0 aromatic heterocycles. The summed E-state index contributed by atoms with van der Waals surface area (Å²) in [7, 11) is -3.47. The number of ether oxygens (including phenoxy) is 1. The smallest absolute Gasteiger partial charge is 0.258 e. The van der Waals surface area contributed by atoms with Gasteiger partial charge in [-0.3, -0.25) is 9.10 Å². The molecule has 8 heteroatoms. The second-order valence-corrected chi connectivity index (χ2v) is 10.4. The van der Waals surface area contributed by atoms with Gasteiger partial charge in [0.2, 0.25) is 10.0 Å². The lowest BCUT2D eigenvalue weighted by Crippen LogP contribution is -2.31. The van der Waals surface area contributed by atoms with E-state index in [9.17, 15) is 13.2 Å². The molecule has 3 aromatic carbocycles. The Bertz CT molecular complexity index is 1150. The average Bonchev–Trinajstić information content (AvgIpc) is 2.81. The summed E-state index contributed by atoms with van der Waals surface area (Å²) in [6.07, 6.45) is 3.20. The van der Waals surface area contributed by atoms with Crippen LogP contribution in [-0.2, 0) is 21.4 Å². The fourth-order valence-corrected chi connectivity index (χ4v) is 4.56. The number of carbonyl (C=O) groups excluding carboxylic acids is 1. The molecular weight excluding hydrogens is 456 g/mol. The highest BCUT2D eigenvalue weighted by Gasteiger charge is 2.18. The van der Waals surface area contributed by atoms with E-state index in [-0.39, 0.29) is 25.1 Å². The first kappa shape index (κ1) is 24.7. The molecule has 0 aliphatic rings. The number of nitrogens with one attached hydrogen (secondary N) is 1. The molecule has 0 spiro atoms. The first-order valence-corrected chi connectivity index (χ1v) is 13.5. The van der Waals surface area contributed by atoms with Gasteiger partial charge in [-0.25, -0.2) is 8.42 Å². The van der Waals surface area contributed by atoms with Gasteiger partial charge in [-0.2, -0.15) is 0 Å². The summed E-state index contributed by atoms with van der Waals surface area (Å²) >= 11 is 1.67. The Morgan fingerprint density at radius 2 is 1.64 bits per heavy atom. The molecule has 1 unspecified atom stereocenters. The van der Waals surface area contributed by atoms with Gasteiger partial charge in [0.05, 0.1) is 24.5 Å². The number of carbonyl (C=O) groups is 1. The number of amides is 1. The van der Waals surface area contributed by atoms with E-state index in [0.29, 0.717) is 11.4 Å². The molecule has 0 aliphatic heterocycles. The maximum atomic E-state index is 12.3. The van der Waals surface area contributed by atoms with Gasteiger partial charge in [0.15, 0.2) is 6.61 Å². The van der Waals surface area contributed by atoms with Crippen molar-refractivity contribution in [2.75, 3.05) is 23.4 Å². The number of benzene rings is 3. The highest BCUT2D eigenvalue weighted by molar-refractivity contribution is 7.98. The quantitative estimate of drug-likeness (QED) is 0.425. The zero-order chi connectivity index (χ0) is 23.8. The molecular formula is C25H28N2O4S2. The van der Waals surface area contributed by atoms with E-state index in [0.717, 1.165) is 11.1 Å². The third-order valence-corrected chi connectivity index (χ3v) is 6.94. The van der Waals surface area contributed by atoms with Gasteiger partial charge >= 0.3 is 0 Å². The summed E-state index contributed by atoms with van der Waals surface area (Å²) in [6, 6.07) is 24.0. The van der Waals surface area contributed by atoms with E-state index in [1.165, 1.54) is 15.5 Å². The maximum absolute atomic E-state index is 12.3. The fourth-order valence-electron chi connectivity index (χ4n) is 3.27. The van der Waals surface area contributed by atoms with E-state index in [2.05, 4.69) is 5.32 Å². The molecule has 0 fully saturated rings. The van der Waals surface area contributed by atoms with Crippen molar-refractivity contribution in [1.29, 1.82) is 0 Å². The molecule has 0 saturated heterocycles. The lowest BCUT2D eigenvalue weighted by atomic mass is 10.1. The van der Waals surface area contributed by atoms with Crippen LogP contribution >= 0.6 is 11.8 Å². The highest BCUT2D eigenvalue weighted by Crippen LogP contribution is 2.24. The van der Waals surface area contributed by atoms with Crippen LogP contribution in [0.5, 0.6) is 5.75 Å². The van der Waals surface area contributed by atoms with Gasteiger partial charge in [-0.1, -0.05) is 42.5 Å². The van der Waals surface area contributed by atoms with Crippen molar-refractivity contribution in [2.24, 2.45) is 0 Å². The number of rotatable bonds is 10. The summed E-state index contributed by atoms with van der Waals surface area (Å²) in [4.78, 5) is 13.5. The number of thioether (sulfide) groups is 1. The topological polar surface area (TPSA) is 75.7 Å². The van der Waals surface area contributed by atoms with Crippen molar-refractivity contribution in [1.82, 2.24) is 5.32 Å². The minimum Gasteiger partial charge on any atom is -0.484 e. The van der Waals surface area contributed by atoms with Gasteiger partial charge in [-0.15, -0.1) is 11.8 Å². The van der Waals surface area contributed by atoms with Crippen LogP contribution in [0.2, 0.25) is 0 Å². The predicted molar refractivity (Wildman–Crippen MR) is 134 cm³/mol. The third kappa shape index (κ3) is 7.27. The van der Waals surface area contributed by atoms with Crippen molar-refractivity contribution >= 4 is 33.4 Å². The molecule has 0 heterocycles. The van der Waals surface area contributed by atoms with Crippen LogP contribution in [0.1, 0.15) is 24.1 Å². The minimum absolute atomic E-state index is 0.133. The van der Waals surface area contributed by atoms with Crippen LogP contribution in [0.25, 0.3) is 0 Å². The van der Waals surface area contributed by atoms with E-state index in [4.69, 9.17) is 4.74 Å². The van der Waals surface area contributed by atoms with Crippen LogP contribution in [-0.4, -0.2) is 33.4 Å². The standard InChI is InChI=1S/C25H28N2O4S2/c1-19(21-9-15-24(32-2)16-10-21)26-25(28)18-31-23-13-11-22(12-14-23)27(33(3,29)30)17-20-7-5-4-6-8-20/h4-16,19H,17-18H2,1-3H3,(H,26,28). The van der Waals surface area contributed by atoms with Crippen molar-refractivity contribution in [3.05, 3.63) is 90.0 Å². The number of sulfonamides is 1. The summed E-state index contributed by atoms with van der Waals surface area (Å²) in [5, 5.41) is 2.92. The molecule has 174 valence electrons. The molecule has 1 atom stereocenters. The molecule has 33 heavy (non-hydrogen) atoms. The SMILES string of the molecule is CSc1ccc(C(C)NC(=O)COc2ccc(N(Cc3ccccc3)S(C)(=O)=O)cc2)cc1. The molecule has 0 aliphatic carbocycles. The largest absolute Gasteiger partial charge is 0.484 e. The molecule has 0 bridgehead atoms. The minimum atomic E-state index is -3.47. The van der Waals surface area contributed by atoms with Gasteiger partial charge in [-0.05, 0) is 60.7 Å². The number of hydrogen-bond donors (Lipinski definition) is 1. The number of nitrogens with zero attached hydrogens (tertiary/aromatic N) is 1. The Hall–Kier alpha value is -2.97. The zero-order valence-corrected chi connectivity index (χ0v) is 20.5. The van der Waals surface area contributed by atoms with Gasteiger partial charge < -0.3 is 10.1 Å². The van der Waals surface area contributed by atoms with Crippen LogP contribution in [0.3, 0.4) is 0 Å². The molecule has 0 saturated carbocycles. The predicted octanol–water partition coefficient (Wildman–Crippen LogP) is 4.63. The molecule has 1 N–H and O–H groups in total. The fraction of sp³-hybridized carbons (Fsp3) is 0.240. The Morgan fingerprint density at radius 3 is 2.21 bits per heavy atom. The second kappa shape index (κ2) is 11.2. The number of anilines is 1. The van der Waals surface area contributed by atoms with E-state index in [1.807, 2.05) is 67.8 Å².